The van der Waals surface area contributed by atoms with Crippen molar-refractivity contribution in [3.05, 3.63) is 72.3 Å². The molecule has 0 saturated heterocycles. The average Bonchev–Trinajstić information content (AvgIpc) is 2.71. The van der Waals surface area contributed by atoms with Crippen LogP contribution in [0.25, 0.3) is 5.57 Å². The van der Waals surface area contributed by atoms with Crippen LogP contribution in [-0.2, 0) is 4.79 Å². The Balaban J connectivity index is 1.87. The van der Waals surface area contributed by atoms with Crippen molar-refractivity contribution in [1.29, 1.82) is 0 Å². The highest BCUT2D eigenvalue weighted by Crippen LogP contribution is 2.22. The van der Waals surface area contributed by atoms with E-state index in [-0.39, 0.29) is 5.78 Å². The summed E-state index contributed by atoms with van der Waals surface area (Å²) in [6.07, 6.45) is 2.62. The van der Waals surface area contributed by atoms with E-state index in [2.05, 4.69) is 23.1 Å². The predicted octanol–water partition coefficient (Wildman–Crippen LogP) is 3.55. The van der Waals surface area contributed by atoms with Gasteiger partial charge in [0.1, 0.15) is 0 Å². The molecule has 0 unspecified atom stereocenters. The van der Waals surface area contributed by atoms with Crippen molar-refractivity contribution in [2.75, 3.05) is 18.0 Å². The van der Waals surface area contributed by atoms with Crippen molar-refractivity contribution in [2.45, 2.75) is 6.42 Å². The fourth-order valence-corrected chi connectivity index (χ4v) is 2.55. The van der Waals surface area contributed by atoms with Crippen molar-refractivity contribution < 1.29 is 4.79 Å². The van der Waals surface area contributed by atoms with E-state index >= 15 is 0 Å². The monoisotopic (exact) mass is 263 g/mol. The van der Waals surface area contributed by atoms with Gasteiger partial charge in [-0.3, -0.25) is 4.79 Å². The maximum Gasteiger partial charge on any atom is 0.164 e. The van der Waals surface area contributed by atoms with Crippen LogP contribution >= 0.6 is 0 Å². The fraction of sp³-hybridized carbons (Fsp3) is 0.167. The first-order valence-electron chi connectivity index (χ1n) is 6.93. The zero-order valence-electron chi connectivity index (χ0n) is 11.3. The fourth-order valence-electron chi connectivity index (χ4n) is 2.55. The molecular formula is C18H17NO. The summed E-state index contributed by atoms with van der Waals surface area (Å²) in [6, 6.07) is 20.2. The lowest BCUT2D eigenvalue weighted by Crippen LogP contribution is -2.23. The molecule has 2 nitrogen and oxygen atoms in total. The van der Waals surface area contributed by atoms with E-state index < -0.39 is 0 Å². The van der Waals surface area contributed by atoms with Crippen molar-refractivity contribution in [1.82, 2.24) is 0 Å². The van der Waals surface area contributed by atoms with Gasteiger partial charge in [0.2, 0.25) is 0 Å². The summed E-state index contributed by atoms with van der Waals surface area (Å²) in [5, 5.41) is 0. The highest BCUT2D eigenvalue weighted by atomic mass is 16.1. The van der Waals surface area contributed by atoms with Crippen LogP contribution < -0.4 is 4.90 Å². The van der Waals surface area contributed by atoms with Crippen LogP contribution in [0.4, 0.5) is 5.69 Å². The molecule has 0 aromatic heterocycles. The number of ketones is 1. The van der Waals surface area contributed by atoms with E-state index in [1.807, 2.05) is 48.5 Å². The first-order chi connectivity index (χ1) is 9.84. The van der Waals surface area contributed by atoms with Crippen molar-refractivity contribution in [2.24, 2.45) is 0 Å². The third-order valence-electron chi connectivity index (χ3n) is 3.63. The van der Waals surface area contributed by atoms with Gasteiger partial charge in [0.25, 0.3) is 0 Å². The van der Waals surface area contributed by atoms with E-state index in [4.69, 9.17) is 0 Å². The molecule has 0 amide bonds. The number of hydrogen-bond acceptors (Lipinski definition) is 2. The third kappa shape index (κ3) is 2.64. The maximum absolute atomic E-state index is 12.3. The molecular weight excluding hydrogens is 246 g/mol. The lowest BCUT2D eigenvalue weighted by Gasteiger charge is -2.21. The van der Waals surface area contributed by atoms with E-state index in [1.165, 1.54) is 5.69 Å². The van der Waals surface area contributed by atoms with Crippen LogP contribution in [-0.4, -0.2) is 18.9 Å². The quantitative estimate of drug-likeness (QED) is 0.826. The Labute approximate surface area is 119 Å². The minimum Gasteiger partial charge on any atom is -0.367 e. The van der Waals surface area contributed by atoms with Crippen LogP contribution in [0.5, 0.6) is 0 Å². The summed E-state index contributed by atoms with van der Waals surface area (Å²) in [7, 11) is 0. The molecule has 100 valence electrons. The number of benzene rings is 2. The Morgan fingerprint density at radius 1 is 0.850 bits per heavy atom. The summed E-state index contributed by atoms with van der Waals surface area (Å²) in [4.78, 5) is 14.5. The molecule has 1 heterocycles. The Morgan fingerprint density at radius 2 is 1.50 bits per heavy atom. The Morgan fingerprint density at radius 3 is 2.20 bits per heavy atom. The highest BCUT2D eigenvalue weighted by Gasteiger charge is 2.18. The minimum atomic E-state index is 0.231. The van der Waals surface area contributed by atoms with Gasteiger partial charge in [-0.25, -0.2) is 0 Å². The van der Waals surface area contributed by atoms with Crippen molar-refractivity contribution in [3.63, 3.8) is 0 Å². The molecule has 20 heavy (non-hydrogen) atoms. The van der Waals surface area contributed by atoms with E-state index in [0.29, 0.717) is 6.42 Å². The molecule has 0 atom stereocenters. The third-order valence-corrected chi connectivity index (χ3v) is 3.63. The summed E-state index contributed by atoms with van der Waals surface area (Å²) < 4.78 is 0. The van der Waals surface area contributed by atoms with Gasteiger partial charge in [0, 0.05) is 30.8 Å². The SMILES string of the molecule is O=C1CCN(c2ccccc2)CC=C1c1ccccc1. The average molecular weight is 263 g/mol. The molecule has 1 aliphatic rings. The molecule has 3 rings (SSSR count). The summed E-state index contributed by atoms with van der Waals surface area (Å²) >= 11 is 0. The van der Waals surface area contributed by atoms with Gasteiger partial charge in [-0.2, -0.15) is 0 Å². The largest absolute Gasteiger partial charge is 0.367 e. The van der Waals surface area contributed by atoms with Gasteiger partial charge in [0.15, 0.2) is 5.78 Å². The number of rotatable bonds is 2. The summed E-state index contributed by atoms with van der Waals surface area (Å²) in [5.74, 6) is 0.231. The molecule has 0 aliphatic carbocycles. The van der Waals surface area contributed by atoms with Crippen LogP contribution in [0.1, 0.15) is 12.0 Å². The predicted molar refractivity (Wildman–Crippen MR) is 82.7 cm³/mol. The highest BCUT2D eigenvalue weighted by molar-refractivity contribution is 6.21. The van der Waals surface area contributed by atoms with Gasteiger partial charge in [0.05, 0.1) is 0 Å². The summed E-state index contributed by atoms with van der Waals surface area (Å²) in [5.41, 5.74) is 3.04. The minimum absolute atomic E-state index is 0.231. The van der Waals surface area contributed by atoms with Crippen LogP contribution in [0.2, 0.25) is 0 Å². The molecule has 0 radical (unpaired) electrons. The molecule has 2 aromatic rings. The van der Waals surface area contributed by atoms with Crippen molar-refractivity contribution >= 4 is 17.0 Å². The van der Waals surface area contributed by atoms with Gasteiger partial charge in [-0.05, 0) is 17.7 Å². The first-order valence-corrected chi connectivity index (χ1v) is 6.93. The second-order valence-electron chi connectivity index (χ2n) is 4.94. The van der Waals surface area contributed by atoms with Crippen molar-refractivity contribution in [3.8, 4) is 0 Å². The van der Waals surface area contributed by atoms with Gasteiger partial charge in [-0.1, -0.05) is 54.6 Å². The second-order valence-corrected chi connectivity index (χ2v) is 4.94. The maximum atomic E-state index is 12.3. The molecule has 0 N–H and O–H groups in total. The number of Topliss-reactive ketones (excluding diaryl/α,β-unsaturated/α-hetero) is 1. The number of anilines is 1. The number of carbonyl (C=O) groups excluding carboxylic acids is 1. The molecule has 0 spiro atoms. The number of allylic oxidation sites excluding steroid dienone is 1. The van der Waals surface area contributed by atoms with Gasteiger partial charge < -0.3 is 4.90 Å². The van der Waals surface area contributed by atoms with Crippen LogP contribution in [0.15, 0.2) is 66.7 Å². The summed E-state index contributed by atoms with van der Waals surface area (Å²) in [6.45, 7) is 1.55. The molecule has 2 heteroatoms. The number of para-hydroxylation sites is 1. The number of nitrogens with zero attached hydrogens (tertiary/aromatic N) is 1. The zero-order valence-corrected chi connectivity index (χ0v) is 11.3. The number of carbonyl (C=O) groups is 1. The Bertz CT molecular complexity index is 616. The number of hydrogen-bond donors (Lipinski definition) is 0. The lowest BCUT2D eigenvalue weighted by molar-refractivity contribution is -0.113. The van der Waals surface area contributed by atoms with E-state index in [1.54, 1.807) is 0 Å². The molecule has 0 saturated carbocycles. The van der Waals surface area contributed by atoms with Gasteiger partial charge >= 0.3 is 0 Å². The topological polar surface area (TPSA) is 20.3 Å². The second kappa shape index (κ2) is 5.74. The Kier molecular flexibility index (Phi) is 3.64. The zero-order chi connectivity index (χ0) is 13.8. The van der Waals surface area contributed by atoms with E-state index in [0.717, 1.165) is 24.2 Å². The lowest BCUT2D eigenvalue weighted by atomic mass is 10.0. The molecule has 1 aliphatic heterocycles. The standard InChI is InChI=1S/C18H17NO/c20-18-12-14-19(16-9-5-2-6-10-16)13-11-17(18)15-7-3-1-4-8-15/h1-11H,12-14H2. The molecule has 0 bridgehead atoms. The smallest absolute Gasteiger partial charge is 0.164 e. The van der Waals surface area contributed by atoms with Gasteiger partial charge in [-0.15, -0.1) is 0 Å². The van der Waals surface area contributed by atoms with Crippen LogP contribution in [0.3, 0.4) is 0 Å². The molecule has 0 fully saturated rings. The normalized spacial score (nSPS) is 15.7. The first kappa shape index (κ1) is 12.7. The molecule has 2 aromatic carbocycles. The van der Waals surface area contributed by atoms with Crippen LogP contribution in [0, 0.1) is 0 Å². The Hall–Kier alpha value is -2.35. The van der Waals surface area contributed by atoms with E-state index in [9.17, 15) is 4.79 Å².